The van der Waals surface area contributed by atoms with Crippen LogP contribution < -0.4 is 0 Å². The minimum atomic E-state index is 0.829. The average molecular weight is 243 g/mol. The van der Waals surface area contributed by atoms with Crippen LogP contribution in [0.2, 0.25) is 0 Å². The molecule has 1 heterocycles. The van der Waals surface area contributed by atoms with Gasteiger partial charge in [0.2, 0.25) is 0 Å². The van der Waals surface area contributed by atoms with Crippen LogP contribution >= 0.6 is 0 Å². The summed E-state index contributed by atoms with van der Waals surface area (Å²) in [5.41, 5.74) is 2.26. The number of hydrogen-bond acceptors (Lipinski definition) is 2. The summed E-state index contributed by atoms with van der Waals surface area (Å²) in [7, 11) is 4.32. The van der Waals surface area contributed by atoms with Crippen molar-refractivity contribution in [2.75, 3.05) is 20.6 Å². The molecule has 0 aliphatic heterocycles. The van der Waals surface area contributed by atoms with E-state index in [4.69, 9.17) is 0 Å². The van der Waals surface area contributed by atoms with Crippen molar-refractivity contribution in [2.24, 2.45) is 11.8 Å². The van der Waals surface area contributed by atoms with Gasteiger partial charge >= 0.3 is 0 Å². The number of aromatic amines is 1. The Kier molecular flexibility index (Phi) is 3.08. The summed E-state index contributed by atoms with van der Waals surface area (Å²) in [6.45, 7) is 1.23. The number of rotatable bonds is 4. The van der Waals surface area contributed by atoms with Crippen LogP contribution in [-0.4, -0.2) is 35.5 Å². The molecule has 1 fully saturated rings. The van der Waals surface area contributed by atoms with Crippen molar-refractivity contribution in [3.63, 3.8) is 0 Å². The highest BCUT2D eigenvalue weighted by molar-refractivity contribution is 5.74. The van der Waals surface area contributed by atoms with Crippen molar-refractivity contribution in [1.82, 2.24) is 14.9 Å². The first-order valence-electron chi connectivity index (χ1n) is 6.79. The number of hydrogen-bond donors (Lipinski definition) is 1. The zero-order valence-electron chi connectivity index (χ0n) is 11.2. The Balaban J connectivity index is 1.58. The molecular weight excluding hydrogens is 222 g/mol. The molecule has 0 bridgehead atoms. The van der Waals surface area contributed by atoms with E-state index >= 15 is 0 Å². The van der Waals surface area contributed by atoms with Crippen molar-refractivity contribution in [3.05, 3.63) is 30.1 Å². The van der Waals surface area contributed by atoms with Gasteiger partial charge in [-0.25, -0.2) is 4.98 Å². The van der Waals surface area contributed by atoms with Crippen LogP contribution in [0.1, 0.15) is 18.7 Å². The minimum absolute atomic E-state index is 0.829. The summed E-state index contributed by atoms with van der Waals surface area (Å²) in [4.78, 5) is 10.4. The van der Waals surface area contributed by atoms with Crippen LogP contribution in [0, 0.1) is 11.8 Å². The number of fused-ring (bicyclic) bond motifs is 1. The Hall–Kier alpha value is -1.35. The Morgan fingerprint density at radius 2 is 2.00 bits per heavy atom. The van der Waals surface area contributed by atoms with E-state index in [1.54, 1.807) is 0 Å². The van der Waals surface area contributed by atoms with E-state index in [9.17, 15) is 0 Å². The Bertz CT molecular complexity index is 490. The van der Waals surface area contributed by atoms with E-state index < -0.39 is 0 Å². The summed E-state index contributed by atoms with van der Waals surface area (Å²) in [5, 5.41) is 0. The van der Waals surface area contributed by atoms with Crippen LogP contribution in [0.3, 0.4) is 0 Å². The van der Waals surface area contributed by atoms with E-state index in [0.29, 0.717) is 0 Å². The molecule has 1 aromatic carbocycles. The maximum absolute atomic E-state index is 4.65. The maximum atomic E-state index is 4.65. The molecule has 0 radical (unpaired) electrons. The Morgan fingerprint density at radius 3 is 2.72 bits per heavy atom. The molecule has 2 aromatic rings. The van der Waals surface area contributed by atoms with Gasteiger partial charge in [-0.3, -0.25) is 0 Å². The minimum Gasteiger partial charge on any atom is -0.342 e. The fraction of sp³-hybridized carbons (Fsp3) is 0.533. The zero-order valence-corrected chi connectivity index (χ0v) is 11.2. The standard InChI is InChI=1S/C15H21N3/c1-18(2)10-12-7-11(8-12)9-15-16-13-5-3-4-6-14(13)17-15/h3-6,11-12H,7-10H2,1-2H3,(H,16,17). The first-order chi connectivity index (χ1) is 8.70. The molecule has 0 unspecified atom stereocenters. The molecule has 3 nitrogen and oxygen atoms in total. The van der Waals surface area contributed by atoms with Crippen molar-refractivity contribution >= 4 is 11.0 Å². The third kappa shape index (κ3) is 2.41. The Morgan fingerprint density at radius 1 is 1.22 bits per heavy atom. The second-order valence-electron chi connectivity index (χ2n) is 5.87. The summed E-state index contributed by atoms with van der Waals surface area (Å²) in [5.74, 6) is 2.88. The molecule has 1 aliphatic rings. The number of H-pyrrole nitrogens is 1. The van der Waals surface area contributed by atoms with Crippen molar-refractivity contribution in [2.45, 2.75) is 19.3 Å². The normalized spacial score (nSPS) is 23.5. The van der Waals surface area contributed by atoms with Gasteiger partial charge in [0.15, 0.2) is 0 Å². The molecule has 0 spiro atoms. The van der Waals surface area contributed by atoms with Gasteiger partial charge in [0.25, 0.3) is 0 Å². The van der Waals surface area contributed by atoms with Crippen LogP contribution in [0.5, 0.6) is 0 Å². The van der Waals surface area contributed by atoms with Crippen molar-refractivity contribution in [3.8, 4) is 0 Å². The number of imidazole rings is 1. The smallest absolute Gasteiger partial charge is 0.107 e. The molecule has 1 aromatic heterocycles. The molecule has 1 saturated carbocycles. The van der Waals surface area contributed by atoms with Gasteiger partial charge in [0.05, 0.1) is 11.0 Å². The lowest BCUT2D eigenvalue weighted by atomic mass is 9.73. The van der Waals surface area contributed by atoms with E-state index in [2.05, 4.69) is 47.2 Å². The predicted molar refractivity (Wildman–Crippen MR) is 74.6 cm³/mol. The second kappa shape index (κ2) is 4.73. The molecule has 18 heavy (non-hydrogen) atoms. The highest BCUT2D eigenvalue weighted by Crippen LogP contribution is 2.36. The largest absolute Gasteiger partial charge is 0.342 e. The number of para-hydroxylation sites is 2. The summed E-state index contributed by atoms with van der Waals surface area (Å²) in [6.07, 6.45) is 3.82. The van der Waals surface area contributed by atoms with Gasteiger partial charge in [-0.2, -0.15) is 0 Å². The van der Waals surface area contributed by atoms with Gasteiger partial charge in [-0.1, -0.05) is 12.1 Å². The molecule has 1 N–H and O–H groups in total. The fourth-order valence-electron chi connectivity index (χ4n) is 3.08. The zero-order chi connectivity index (χ0) is 12.5. The van der Waals surface area contributed by atoms with Crippen LogP contribution in [0.25, 0.3) is 11.0 Å². The van der Waals surface area contributed by atoms with Crippen LogP contribution in [-0.2, 0) is 6.42 Å². The molecule has 3 heteroatoms. The molecule has 0 amide bonds. The number of nitrogens with one attached hydrogen (secondary N) is 1. The second-order valence-corrected chi connectivity index (χ2v) is 5.87. The summed E-state index contributed by atoms with van der Waals surface area (Å²) >= 11 is 0. The average Bonchev–Trinajstić information content (AvgIpc) is 2.67. The number of benzene rings is 1. The third-order valence-electron chi connectivity index (χ3n) is 3.88. The molecule has 1 aliphatic carbocycles. The fourth-order valence-corrected chi connectivity index (χ4v) is 3.08. The van der Waals surface area contributed by atoms with Crippen molar-refractivity contribution < 1.29 is 0 Å². The lowest BCUT2D eigenvalue weighted by molar-refractivity contribution is 0.149. The third-order valence-corrected chi connectivity index (χ3v) is 3.88. The lowest BCUT2D eigenvalue weighted by Gasteiger charge is -2.36. The topological polar surface area (TPSA) is 31.9 Å². The van der Waals surface area contributed by atoms with Gasteiger partial charge in [-0.05, 0) is 50.9 Å². The van der Waals surface area contributed by atoms with Gasteiger partial charge in [0.1, 0.15) is 5.82 Å². The maximum Gasteiger partial charge on any atom is 0.107 e. The van der Waals surface area contributed by atoms with Gasteiger partial charge in [-0.15, -0.1) is 0 Å². The molecule has 0 atom stereocenters. The van der Waals surface area contributed by atoms with E-state index in [0.717, 1.165) is 35.1 Å². The van der Waals surface area contributed by atoms with Gasteiger partial charge < -0.3 is 9.88 Å². The molecule has 96 valence electrons. The monoisotopic (exact) mass is 243 g/mol. The van der Waals surface area contributed by atoms with E-state index in [-0.39, 0.29) is 0 Å². The number of nitrogens with zero attached hydrogens (tertiary/aromatic N) is 2. The summed E-state index contributed by atoms with van der Waals surface area (Å²) in [6, 6.07) is 8.27. The lowest BCUT2D eigenvalue weighted by Crippen LogP contribution is -2.33. The SMILES string of the molecule is CN(C)CC1CC(Cc2nc3ccccc3[nH]2)C1. The first-order valence-corrected chi connectivity index (χ1v) is 6.79. The highest BCUT2D eigenvalue weighted by Gasteiger charge is 2.29. The predicted octanol–water partition coefficient (Wildman–Crippen LogP) is 2.69. The quantitative estimate of drug-likeness (QED) is 0.895. The first kappa shape index (κ1) is 11.7. The Labute approximate surface area is 108 Å². The van der Waals surface area contributed by atoms with Gasteiger partial charge in [0, 0.05) is 13.0 Å². The molecule has 0 saturated heterocycles. The molecular formula is C15H21N3. The molecule has 3 rings (SSSR count). The highest BCUT2D eigenvalue weighted by atomic mass is 15.1. The number of aromatic nitrogens is 2. The van der Waals surface area contributed by atoms with Crippen LogP contribution in [0.15, 0.2) is 24.3 Å². The van der Waals surface area contributed by atoms with E-state index in [1.165, 1.54) is 19.4 Å². The van der Waals surface area contributed by atoms with Crippen LogP contribution in [0.4, 0.5) is 0 Å². The summed E-state index contributed by atoms with van der Waals surface area (Å²) < 4.78 is 0. The van der Waals surface area contributed by atoms with E-state index in [1.807, 2.05) is 6.07 Å². The van der Waals surface area contributed by atoms with Crippen molar-refractivity contribution in [1.29, 1.82) is 0 Å².